The Kier molecular flexibility index (Phi) is 4.47. The summed E-state index contributed by atoms with van der Waals surface area (Å²) >= 11 is 0. The second kappa shape index (κ2) is 5.86. The van der Waals surface area contributed by atoms with E-state index in [1.807, 2.05) is 24.3 Å². The van der Waals surface area contributed by atoms with Crippen molar-refractivity contribution < 1.29 is 4.92 Å². The molecule has 6 nitrogen and oxygen atoms in total. The Morgan fingerprint density at radius 1 is 1.41 bits per heavy atom. The van der Waals surface area contributed by atoms with E-state index in [0.29, 0.717) is 13.1 Å². The van der Waals surface area contributed by atoms with Gasteiger partial charge in [0.15, 0.2) is 5.82 Å². The van der Waals surface area contributed by atoms with Gasteiger partial charge >= 0.3 is 0 Å². The monoisotopic (exact) mass is 236 g/mol. The van der Waals surface area contributed by atoms with Gasteiger partial charge in [-0.1, -0.05) is 24.3 Å². The van der Waals surface area contributed by atoms with Crippen LogP contribution in [0.25, 0.3) is 0 Å². The molecule has 0 aromatic heterocycles. The lowest BCUT2D eigenvalue weighted by atomic mass is 10.1. The standard InChI is InChI=1S/C11H16N4O2/c1-14(11(13)8-15(16)17)7-10-4-2-9(6-12)3-5-10/h2-5,8H,6-7,12-13H2,1H3. The molecule has 0 aliphatic heterocycles. The van der Waals surface area contributed by atoms with Crippen LogP contribution in [0.5, 0.6) is 0 Å². The first-order valence-corrected chi connectivity index (χ1v) is 5.12. The minimum atomic E-state index is -0.566. The number of hydrogen-bond acceptors (Lipinski definition) is 5. The Morgan fingerprint density at radius 2 is 1.94 bits per heavy atom. The number of nitrogens with two attached hydrogens (primary N) is 2. The first kappa shape index (κ1) is 13.0. The summed E-state index contributed by atoms with van der Waals surface area (Å²) in [6.45, 7) is 1.01. The highest BCUT2D eigenvalue weighted by Gasteiger charge is 2.05. The van der Waals surface area contributed by atoms with Crippen LogP contribution in [-0.4, -0.2) is 16.9 Å². The molecule has 92 valence electrons. The highest BCUT2D eigenvalue weighted by atomic mass is 16.6. The summed E-state index contributed by atoms with van der Waals surface area (Å²) in [6, 6.07) is 7.71. The van der Waals surface area contributed by atoms with E-state index < -0.39 is 4.92 Å². The molecular weight excluding hydrogens is 220 g/mol. The molecule has 0 unspecified atom stereocenters. The Balaban J connectivity index is 2.67. The number of nitro groups is 1. The van der Waals surface area contributed by atoms with E-state index in [1.54, 1.807) is 11.9 Å². The van der Waals surface area contributed by atoms with Crippen LogP contribution in [0.1, 0.15) is 11.1 Å². The van der Waals surface area contributed by atoms with Crippen LogP contribution in [0.15, 0.2) is 36.3 Å². The fourth-order valence-electron chi connectivity index (χ4n) is 1.35. The van der Waals surface area contributed by atoms with Crippen LogP contribution >= 0.6 is 0 Å². The summed E-state index contributed by atoms with van der Waals surface area (Å²) in [5.74, 6) is 0.123. The van der Waals surface area contributed by atoms with Gasteiger partial charge in [-0.05, 0) is 11.1 Å². The molecule has 0 radical (unpaired) electrons. The van der Waals surface area contributed by atoms with Crippen molar-refractivity contribution in [2.24, 2.45) is 11.5 Å². The quantitative estimate of drug-likeness (QED) is 0.576. The zero-order chi connectivity index (χ0) is 12.8. The molecule has 1 aromatic rings. The number of rotatable bonds is 5. The molecule has 0 heterocycles. The predicted octanol–water partition coefficient (Wildman–Crippen LogP) is 0.611. The molecule has 0 amide bonds. The van der Waals surface area contributed by atoms with Gasteiger partial charge < -0.3 is 16.4 Å². The summed E-state index contributed by atoms with van der Waals surface area (Å²) < 4.78 is 0. The largest absolute Gasteiger partial charge is 0.380 e. The first-order chi connectivity index (χ1) is 8.02. The summed E-state index contributed by atoms with van der Waals surface area (Å²) in [4.78, 5) is 11.3. The molecule has 0 saturated carbocycles. The molecule has 17 heavy (non-hydrogen) atoms. The molecule has 0 aliphatic rings. The van der Waals surface area contributed by atoms with Gasteiger partial charge in [-0.15, -0.1) is 0 Å². The van der Waals surface area contributed by atoms with Gasteiger partial charge in [0.05, 0.1) is 4.92 Å². The lowest BCUT2D eigenvalue weighted by Gasteiger charge is -2.17. The third-order valence-electron chi connectivity index (χ3n) is 2.36. The minimum absolute atomic E-state index is 0.123. The molecule has 0 fully saturated rings. The molecule has 4 N–H and O–H groups in total. The normalized spacial score (nSPS) is 11.3. The number of nitrogens with zero attached hydrogens (tertiary/aromatic N) is 2. The fraction of sp³-hybridized carbons (Fsp3) is 0.273. The summed E-state index contributed by atoms with van der Waals surface area (Å²) in [7, 11) is 1.70. The lowest BCUT2D eigenvalue weighted by molar-refractivity contribution is -0.404. The molecule has 6 heteroatoms. The fourth-order valence-corrected chi connectivity index (χ4v) is 1.35. The van der Waals surface area contributed by atoms with E-state index in [-0.39, 0.29) is 5.82 Å². The van der Waals surface area contributed by atoms with Gasteiger partial charge in [0.25, 0.3) is 6.20 Å². The van der Waals surface area contributed by atoms with Gasteiger partial charge in [-0.2, -0.15) is 0 Å². The van der Waals surface area contributed by atoms with Crippen LogP contribution in [0.2, 0.25) is 0 Å². The predicted molar refractivity (Wildman–Crippen MR) is 65.1 cm³/mol. The molecule has 0 atom stereocenters. The van der Waals surface area contributed by atoms with E-state index in [2.05, 4.69) is 0 Å². The van der Waals surface area contributed by atoms with Gasteiger partial charge in [0, 0.05) is 20.1 Å². The van der Waals surface area contributed by atoms with Crippen molar-refractivity contribution in [3.63, 3.8) is 0 Å². The van der Waals surface area contributed by atoms with Crippen LogP contribution in [0, 0.1) is 10.1 Å². The van der Waals surface area contributed by atoms with E-state index in [1.165, 1.54) is 0 Å². The Bertz CT molecular complexity index is 414. The maximum absolute atomic E-state index is 10.3. The third-order valence-corrected chi connectivity index (χ3v) is 2.36. The highest BCUT2D eigenvalue weighted by Crippen LogP contribution is 2.08. The van der Waals surface area contributed by atoms with Crippen LogP contribution in [0.3, 0.4) is 0 Å². The highest BCUT2D eigenvalue weighted by molar-refractivity contribution is 5.22. The number of benzene rings is 1. The van der Waals surface area contributed by atoms with Crippen molar-refractivity contribution in [1.82, 2.24) is 4.90 Å². The van der Waals surface area contributed by atoms with Crippen LogP contribution in [0.4, 0.5) is 0 Å². The maximum atomic E-state index is 10.3. The average Bonchev–Trinajstić information content (AvgIpc) is 2.29. The van der Waals surface area contributed by atoms with Crippen molar-refractivity contribution >= 4 is 0 Å². The molecule has 1 rings (SSSR count). The second-order valence-corrected chi connectivity index (χ2v) is 3.72. The van der Waals surface area contributed by atoms with Crippen molar-refractivity contribution in [3.8, 4) is 0 Å². The summed E-state index contributed by atoms with van der Waals surface area (Å²) in [6.07, 6.45) is 0.786. The Morgan fingerprint density at radius 3 is 2.41 bits per heavy atom. The van der Waals surface area contributed by atoms with E-state index in [9.17, 15) is 10.1 Å². The Labute approximate surface area is 99.7 Å². The third kappa shape index (κ3) is 4.12. The molecule has 0 aliphatic carbocycles. The average molecular weight is 236 g/mol. The Hall–Kier alpha value is -2.08. The second-order valence-electron chi connectivity index (χ2n) is 3.72. The zero-order valence-electron chi connectivity index (χ0n) is 9.67. The number of hydrogen-bond donors (Lipinski definition) is 2. The van der Waals surface area contributed by atoms with Crippen molar-refractivity contribution in [2.75, 3.05) is 7.05 Å². The lowest BCUT2D eigenvalue weighted by Crippen LogP contribution is -2.23. The molecule has 0 spiro atoms. The van der Waals surface area contributed by atoms with Crippen molar-refractivity contribution in [1.29, 1.82) is 0 Å². The maximum Gasteiger partial charge on any atom is 0.274 e. The minimum Gasteiger partial charge on any atom is -0.380 e. The van der Waals surface area contributed by atoms with Crippen LogP contribution < -0.4 is 11.5 Å². The molecule has 0 bridgehead atoms. The van der Waals surface area contributed by atoms with Gasteiger partial charge in [-0.3, -0.25) is 10.1 Å². The van der Waals surface area contributed by atoms with Gasteiger partial charge in [0.2, 0.25) is 0 Å². The van der Waals surface area contributed by atoms with E-state index in [0.717, 1.165) is 17.3 Å². The van der Waals surface area contributed by atoms with Gasteiger partial charge in [0.1, 0.15) is 0 Å². The molecular formula is C11H16N4O2. The first-order valence-electron chi connectivity index (χ1n) is 5.12. The van der Waals surface area contributed by atoms with Crippen molar-refractivity contribution in [3.05, 3.63) is 57.5 Å². The zero-order valence-corrected chi connectivity index (χ0v) is 9.67. The molecule has 1 aromatic carbocycles. The summed E-state index contributed by atoms with van der Waals surface area (Å²) in [5.41, 5.74) is 13.1. The topological polar surface area (TPSA) is 98.4 Å². The SMILES string of the molecule is CN(Cc1ccc(CN)cc1)C(N)=C[N+](=O)[O-]. The van der Waals surface area contributed by atoms with E-state index >= 15 is 0 Å². The van der Waals surface area contributed by atoms with Gasteiger partial charge in [-0.25, -0.2) is 0 Å². The van der Waals surface area contributed by atoms with E-state index in [4.69, 9.17) is 11.5 Å². The summed E-state index contributed by atoms with van der Waals surface area (Å²) in [5, 5.41) is 10.3. The smallest absolute Gasteiger partial charge is 0.274 e. The van der Waals surface area contributed by atoms with Crippen molar-refractivity contribution in [2.45, 2.75) is 13.1 Å². The molecule has 0 saturated heterocycles. The van der Waals surface area contributed by atoms with Crippen LogP contribution in [-0.2, 0) is 13.1 Å².